The molecule has 2 amide bonds. The van der Waals surface area contributed by atoms with E-state index in [0.29, 0.717) is 25.2 Å². The summed E-state index contributed by atoms with van der Waals surface area (Å²) in [5.74, 6) is -0.410. The van der Waals surface area contributed by atoms with Crippen LogP contribution in [0.15, 0.2) is 72.8 Å². The van der Waals surface area contributed by atoms with E-state index in [2.05, 4.69) is 12.1 Å². The van der Waals surface area contributed by atoms with Crippen molar-refractivity contribution in [1.29, 1.82) is 0 Å². The molecule has 0 spiro atoms. The lowest BCUT2D eigenvalue weighted by atomic mass is 9.97. The monoisotopic (exact) mass is 414 g/mol. The predicted octanol–water partition coefficient (Wildman–Crippen LogP) is 4.50. The standard InChI is InChI=1S/C26H23FN2O2/c27-22-11-9-19(10-12-22)24(29-17-21-7-3-4-8-23(21)26(29)31)15-25(30)28-14-13-18-5-1-2-6-20(18)16-28/h1-12,24H,13-17H2. The van der Waals surface area contributed by atoms with Crippen molar-refractivity contribution in [1.82, 2.24) is 9.80 Å². The van der Waals surface area contributed by atoms with Gasteiger partial charge in [-0.3, -0.25) is 9.59 Å². The molecule has 1 atom stereocenters. The van der Waals surface area contributed by atoms with E-state index in [1.165, 1.54) is 23.3 Å². The second kappa shape index (κ2) is 7.99. The lowest BCUT2D eigenvalue weighted by Crippen LogP contribution is -2.39. The van der Waals surface area contributed by atoms with Gasteiger partial charge in [0, 0.05) is 25.2 Å². The van der Waals surface area contributed by atoms with Crippen molar-refractivity contribution in [2.45, 2.75) is 32.0 Å². The van der Waals surface area contributed by atoms with Gasteiger partial charge in [0.2, 0.25) is 5.91 Å². The molecule has 4 nitrogen and oxygen atoms in total. The van der Waals surface area contributed by atoms with Crippen molar-refractivity contribution in [3.63, 3.8) is 0 Å². The first-order valence-electron chi connectivity index (χ1n) is 10.6. The van der Waals surface area contributed by atoms with Gasteiger partial charge in [0.1, 0.15) is 5.82 Å². The summed E-state index contributed by atoms with van der Waals surface area (Å²) < 4.78 is 13.6. The highest BCUT2D eigenvalue weighted by atomic mass is 19.1. The van der Waals surface area contributed by atoms with Crippen LogP contribution in [0.5, 0.6) is 0 Å². The van der Waals surface area contributed by atoms with E-state index in [-0.39, 0.29) is 24.1 Å². The van der Waals surface area contributed by atoms with Crippen molar-refractivity contribution in [3.8, 4) is 0 Å². The Morgan fingerprint density at radius 2 is 1.55 bits per heavy atom. The molecule has 0 aromatic heterocycles. The molecule has 0 radical (unpaired) electrons. The number of amides is 2. The first kappa shape index (κ1) is 19.5. The Morgan fingerprint density at radius 3 is 2.29 bits per heavy atom. The Morgan fingerprint density at radius 1 is 0.871 bits per heavy atom. The van der Waals surface area contributed by atoms with Gasteiger partial charge < -0.3 is 9.80 Å². The molecule has 31 heavy (non-hydrogen) atoms. The molecule has 0 fully saturated rings. The van der Waals surface area contributed by atoms with Crippen LogP contribution in [0, 0.1) is 5.82 Å². The van der Waals surface area contributed by atoms with E-state index < -0.39 is 6.04 Å². The van der Waals surface area contributed by atoms with Crippen LogP contribution in [-0.2, 0) is 24.3 Å². The number of nitrogens with zero attached hydrogens (tertiary/aromatic N) is 2. The molecular weight excluding hydrogens is 391 g/mol. The summed E-state index contributed by atoms with van der Waals surface area (Å²) in [6.07, 6.45) is 1.00. The maximum absolute atomic E-state index is 13.6. The summed E-state index contributed by atoms with van der Waals surface area (Å²) in [7, 11) is 0. The van der Waals surface area contributed by atoms with Crippen LogP contribution in [0.3, 0.4) is 0 Å². The number of fused-ring (bicyclic) bond motifs is 2. The summed E-state index contributed by atoms with van der Waals surface area (Å²) in [5.41, 5.74) is 4.86. The zero-order valence-corrected chi connectivity index (χ0v) is 17.1. The van der Waals surface area contributed by atoms with Crippen molar-refractivity contribution in [3.05, 3.63) is 106 Å². The Kier molecular flexibility index (Phi) is 5.02. The maximum atomic E-state index is 13.6. The number of benzene rings is 3. The Hall–Kier alpha value is -3.47. The van der Waals surface area contributed by atoms with Gasteiger partial charge in [-0.15, -0.1) is 0 Å². The smallest absolute Gasteiger partial charge is 0.255 e. The van der Waals surface area contributed by atoms with Gasteiger partial charge in [0.25, 0.3) is 5.91 Å². The summed E-state index contributed by atoms with van der Waals surface area (Å²) in [5, 5.41) is 0. The van der Waals surface area contributed by atoms with E-state index in [9.17, 15) is 14.0 Å². The fourth-order valence-corrected chi connectivity index (χ4v) is 4.62. The van der Waals surface area contributed by atoms with Crippen LogP contribution < -0.4 is 0 Å². The highest BCUT2D eigenvalue weighted by Gasteiger charge is 2.35. The van der Waals surface area contributed by atoms with E-state index >= 15 is 0 Å². The van der Waals surface area contributed by atoms with Gasteiger partial charge in [-0.05, 0) is 46.9 Å². The third kappa shape index (κ3) is 3.72. The van der Waals surface area contributed by atoms with Crippen LogP contribution >= 0.6 is 0 Å². The summed E-state index contributed by atoms with van der Waals surface area (Å²) in [4.78, 5) is 30.0. The van der Waals surface area contributed by atoms with E-state index in [1.54, 1.807) is 17.0 Å². The number of carbonyl (C=O) groups is 2. The van der Waals surface area contributed by atoms with Gasteiger partial charge in [-0.25, -0.2) is 4.39 Å². The number of hydrogen-bond donors (Lipinski definition) is 0. The molecule has 3 aromatic rings. The Bertz CT molecular complexity index is 1140. The van der Waals surface area contributed by atoms with Crippen LogP contribution in [0.4, 0.5) is 4.39 Å². The molecule has 0 aliphatic carbocycles. The summed E-state index contributed by atoms with van der Waals surface area (Å²) in [6, 6.07) is 21.4. The van der Waals surface area contributed by atoms with Gasteiger partial charge in [-0.1, -0.05) is 54.6 Å². The zero-order valence-electron chi connectivity index (χ0n) is 17.1. The van der Waals surface area contributed by atoms with Crippen LogP contribution in [0.1, 0.15) is 45.1 Å². The van der Waals surface area contributed by atoms with Crippen LogP contribution in [0.25, 0.3) is 0 Å². The average molecular weight is 414 g/mol. The molecule has 156 valence electrons. The van der Waals surface area contributed by atoms with Crippen LogP contribution in [0.2, 0.25) is 0 Å². The predicted molar refractivity (Wildman–Crippen MR) is 116 cm³/mol. The normalized spacial score (nSPS) is 16.1. The fraction of sp³-hybridized carbons (Fsp3) is 0.231. The van der Waals surface area contributed by atoms with E-state index in [4.69, 9.17) is 0 Å². The number of rotatable bonds is 4. The SMILES string of the molecule is O=C(CC(c1ccc(F)cc1)N1Cc2ccccc2C1=O)N1CCc2ccccc2C1. The second-order valence-corrected chi connectivity index (χ2v) is 8.20. The second-order valence-electron chi connectivity index (χ2n) is 8.20. The summed E-state index contributed by atoms with van der Waals surface area (Å²) >= 11 is 0. The zero-order chi connectivity index (χ0) is 21.4. The lowest BCUT2D eigenvalue weighted by Gasteiger charge is -2.33. The summed E-state index contributed by atoms with van der Waals surface area (Å²) in [6.45, 7) is 1.70. The molecule has 2 heterocycles. The van der Waals surface area contributed by atoms with Crippen LogP contribution in [-0.4, -0.2) is 28.2 Å². The van der Waals surface area contributed by atoms with E-state index in [1.807, 2.05) is 41.3 Å². The largest absolute Gasteiger partial charge is 0.338 e. The van der Waals surface area contributed by atoms with Gasteiger partial charge in [0.05, 0.1) is 12.5 Å². The van der Waals surface area contributed by atoms with E-state index in [0.717, 1.165) is 17.5 Å². The fourth-order valence-electron chi connectivity index (χ4n) is 4.62. The topological polar surface area (TPSA) is 40.6 Å². The molecule has 2 aliphatic heterocycles. The first-order valence-corrected chi connectivity index (χ1v) is 10.6. The molecule has 5 rings (SSSR count). The third-order valence-corrected chi connectivity index (χ3v) is 6.33. The Balaban J connectivity index is 1.41. The van der Waals surface area contributed by atoms with Gasteiger partial charge >= 0.3 is 0 Å². The Labute approximate surface area is 180 Å². The highest BCUT2D eigenvalue weighted by Crippen LogP contribution is 2.34. The third-order valence-electron chi connectivity index (χ3n) is 6.33. The van der Waals surface area contributed by atoms with Crippen molar-refractivity contribution in [2.75, 3.05) is 6.54 Å². The molecule has 3 aromatic carbocycles. The molecule has 5 heteroatoms. The molecule has 1 unspecified atom stereocenters. The lowest BCUT2D eigenvalue weighted by molar-refractivity contribution is -0.133. The quantitative estimate of drug-likeness (QED) is 0.631. The minimum absolute atomic E-state index is 0.00702. The molecule has 2 aliphatic rings. The number of halogens is 1. The van der Waals surface area contributed by atoms with Gasteiger partial charge in [0.15, 0.2) is 0 Å². The van der Waals surface area contributed by atoms with Crippen molar-refractivity contribution < 1.29 is 14.0 Å². The van der Waals surface area contributed by atoms with Gasteiger partial charge in [-0.2, -0.15) is 0 Å². The average Bonchev–Trinajstić information content (AvgIpc) is 3.14. The molecule has 0 bridgehead atoms. The maximum Gasteiger partial charge on any atom is 0.255 e. The first-order chi connectivity index (χ1) is 15.1. The molecular formula is C26H23FN2O2. The minimum Gasteiger partial charge on any atom is -0.338 e. The molecule has 0 saturated carbocycles. The van der Waals surface area contributed by atoms with Crippen molar-refractivity contribution in [2.24, 2.45) is 0 Å². The highest BCUT2D eigenvalue weighted by molar-refractivity contribution is 5.98. The molecule has 0 N–H and O–H groups in total. The number of carbonyl (C=O) groups excluding carboxylic acids is 2. The number of hydrogen-bond acceptors (Lipinski definition) is 2. The minimum atomic E-state index is -0.440. The van der Waals surface area contributed by atoms with Crippen molar-refractivity contribution >= 4 is 11.8 Å². The molecule has 0 saturated heterocycles.